The standard InChI is InChI=1S/C8H18N3/c1-3-10(2)8-11-6-4-9-5-7-11/h3-8H2,1-2H3. The minimum Gasteiger partial charge on any atom is -0.294 e. The molecule has 0 aromatic carbocycles. The quantitative estimate of drug-likeness (QED) is 0.565. The van der Waals surface area contributed by atoms with Crippen LogP contribution in [0.5, 0.6) is 0 Å². The summed E-state index contributed by atoms with van der Waals surface area (Å²) in [5, 5.41) is 4.30. The van der Waals surface area contributed by atoms with Crippen molar-refractivity contribution in [3.8, 4) is 0 Å². The first-order chi connectivity index (χ1) is 5.33. The Morgan fingerprint density at radius 3 is 2.55 bits per heavy atom. The topological polar surface area (TPSA) is 20.6 Å². The number of piperazine rings is 1. The zero-order chi connectivity index (χ0) is 8.10. The molecule has 3 heteroatoms. The SMILES string of the molecule is CCN(C)CN1CC[N]CC1. The van der Waals surface area contributed by atoms with Crippen molar-refractivity contribution in [1.82, 2.24) is 15.1 Å². The summed E-state index contributed by atoms with van der Waals surface area (Å²) in [5.74, 6) is 0. The van der Waals surface area contributed by atoms with E-state index in [9.17, 15) is 0 Å². The van der Waals surface area contributed by atoms with Gasteiger partial charge >= 0.3 is 0 Å². The highest BCUT2D eigenvalue weighted by molar-refractivity contribution is 4.66. The van der Waals surface area contributed by atoms with Gasteiger partial charge in [-0.2, -0.15) is 0 Å². The fourth-order valence-corrected chi connectivity index (χ4v) is 1.23. The van der Waals surface area contributed by atoms with Gasteiger partial charge in [0.05, 0.1) is 6.67 Å². The van der Waals surface area contributed by atoms with Crippen LogP contribution < -0.4 is 5.32 Å². The Labute approximate surface area is 69.4 Å². The third kappa shape index (κ3) is 3.18. The van der Waals surface area contributed by atoms with Crippen LogP contribution in [-0.2, 0) is 0 Å². The van der Waals surface area contributed by atoms with Gasteiger partial charge in [-0.05, 0) is 13.6 Å². The van der Waals surface area contributed by atoms with E-state index in [0.717, 1.165) is 39.4 Å². The Hall–Kier alpha value is -0.120. The number of hydrogen-bond donors (Lipinski definition) is 0. The van der Waals surface area contributed by atoms with Gasteiger partial charge in [0.15, 0.2) is 0 Å². The van der Waals surface area contributed by atoms with Crippen molar-refractivity contribution in [3.05, 3.63) is 0 Å². The van der Waals surface area contributed by atoms with Crippen molar-refractivity contribution in [2.75, 3.05) is 46.4 Å². The number of rotatable bonds is 3. The van der Waals surface area contributed by atoms with Gasteiger partial charge in [0.2, 0.25) is 0 Å². The summed E-state index contributed by atoms with van der Waals surface area (Å²) in [4.78, 5) is 4.78. The largest absolute Gasteiger partial charge is 0.294 e. The molecule has 1 saturated heterocycles. The molecule has 0 aromatic rings. The van der Waals surface area contributed by atoms with Crippen molar-refractivity contribution in [2.24, 2.45) is 0 Å². The van der Waals surface area contributed by atoms with Crippen LogP contribution in [0, 0.1) is 0 Å². The van der Waals surface area contributed by atoms with Crippen LogP contribution in [0.1, 0.15) is 6.92 Å². The highest BCUT2D eigenvalue weighted by atomic mass is 15.3. The highest BCUT2D eigenvalue weighted by Crippen LogP contribution is 1.94. The molecule has 3 nitrogen and oxygen atoms in total. The van der Waals surface area contributed by atoms with Gasteiger partial charge in [0.25, 0.3) is 0 Å². The van der Waals surface area contributed by atoms with Gasteiger partial charge in [0, 0.05) is 26.2 Å². The molecule has 0 aliphatic carbocycles. The van der Waals surface area contributed by atoms with E-state index in [0.29, 0.717) is 0 Å². The molecule has 1 rings (SSSR count). The van der Waals surface area contributed by atoms with E-state index in [-0.39, 0.29) is 0 Å². The fraction of sp³-hybridized carbons (Fsp3) is 1.00. The summed E-state index contributed by atoms with van der Waals surface area (Å²) in [6.45, 7) is 8.76. The Kier molecular flexibility index (Phi) is 3.83. The minimum absolute atomic E-state index is 1.03. The Bertz CT molecular complexity index is 99.5. The first kappa shape index (κ1) is 8.97. The average Bonchev–Trinajstić information content (AvgIpc) is 2.06. The summed E-state index contributed by atoms with van der Waals surface area (Å²) in [6.07, 6.45) is 0. The average molecular weight is 156 g/mol. The molecule has 0 N–H and O–H groups in total. The predicted molar refractivity (Wildman–Crippen MR) is 46.6 cm³/mol. The molecule has 0 bridgehead atoms. The van der Waals surface area contributed by atoms with E-state index in [1.165, 1.54) is 0 Å². The number of nitrogens with zero attached hydrogens (tertiary/aromatic N) is 3. The van der Waals surface area contributed by atoms with Gasteiger partial charge in [0.1, 0.15) is 0 Å². The first-order valence-electron chi connectivity index (χ1n) is 4.37. The molecule has 0 spiro atoms. The van der Waals surface area contributed by atoms with E-state index < -0.39 is 0 Å². The predicted octanol–water partition coefficient (Wildman–Crippen LogP) is -0.184. The van der Waals surface area contributed by atoms with E-state index in [1.807, 2.05) is 0 Å². The molecular formula is C8H18N3. The summed E-state index contributed by atoms with van der Waals surface area (Å²) in [5.41, 5.74) is 0. The van der Waals surface area contributed by atoms with Crippen LogP contribution in [-0.4, -0.2) is 56.2 Å². The lowest BCUT2D eigenvalue weighted by Gasteiger charge is -2.29. The van der Waals surface area contributed by atoms with Gasteiger partial charge < -0.3 is 0 Å². The van der Waals surface area contributed by atoms with E-state index >= 15 is 0 Å². The van der Waals surface area contributed by atoms with Gasteiger partial charge in [-0.1, -0.05) is 6.92 Å². The molecule has 0 unspecified atom stereocenters. The summed E-state index contributed by atoms with van der Waals surface area (Å²) in [6, 6.07) is 0. The summed E-state index contributed by atoms with van der Waals surface area (Å²) >= 11 is 0. The van der Waals surface area contributed by atoms with Crippen molar-refractivity contribution < 1.29 is 0 Å². The van der Waals surface area contributed by atoms with Crippen molar-refractivity contribution in [1.29, 1.82) is 0 Å². The lowest BCUT2D eigenvalue weighted by atomic mass is 10.4. The van der Waals surface area contributed by atoms with Crippen LogP contribution in [0.25, 0.3) is 0 Å². The summed E-state index contributed by atoms with van der Waals surface area (Å²) < 4.78 is 0. The Morgan fingerprint density at radius 1 is 1.36 bits per heavy atom. The second-order valence-corrected chi connectivity index (χ2v) is 3.10. The second-order valence-electron chi connectivity index (χ2n) is 3.10. The molecule has 0 aromatic heterocycles. The van der Waals surface area contributed by atoms with Gasteiger partial charge in [-0.15, -0.1) is 0 Å². The van der Waals surface area contributed by atoms with E-state index in [4.69, 9.17) is 0 Å². The Morgan fingerprint density at radius 2 is 2.00 bits per heavy atom. The maximum Gasteiger partial charge on any atom is 0.0504 e. The molecule has 0 amide bonds. The first-order valence-corrected chi connectivity index (χ1v) is 4.37. The zero-order valence-corrected chi connectivity index (χ0v) is 7.58. The Balaban J connectivity index is 2.13. The molecule has 1 aliphatic heterocycles. The molecule has 1 heterocycles. The van der Waals surface area contributed by atoms with Crippen molar-refractivity contribution >= 4 is 0 Å². The molecule has 0 saturated carbocycles. The molecule has 1 aliphatic rings. The zero-order valence-electron chi connectivity index (χ0n) is 7.58. The van der Waals surface area contributed by atoms with E-state index in [2.05, 4.69) is 29.1 Å². The van der Waals surface area contributed by atoms with E-state index in [1.54, 1.807) is 0 Å². The van der Waals surface area contributed by atoms with Crippen molar-refractivity contribution in [3.63, 3.8) is 0 Å². The fourth-order valence-electron chi connectivity index (χ4n) is 1.23. The molecule has 65 valence electrons. The maximum absolute atomic E-state index is 4.30. The van der Waals surface area contributed by atoms with Crippen LogP contribution in [0.2, 0.25) is 0 Å². The molecule has 0 atom stereocenters. The van der Waals surface area contributed by atoms with Crippen LogP contribution in [0.4, 0.5) is 0 Å². The molecule has 11 heavy (non-hydrogen) atoms. The monoisotopic (exact) mass is 156 g/mol. The second kappa shape index (κ2) is 4.70. The van der Waals surface area contributed by atoms with Crippen molar-refractivity contribution in [2.45, 2.75) is 6.92 Å². The third-order valence-corrected chi connectivity index (χ3v) is 2.13. The maximum atomic E-state index is 4.30. The lowest BCUT2D eigenvalue weighted by molar-refractivity contribution is 0.143. The lowest BCUT2D eigenvalue weighted by Crippen LogP contribution is -2.45. The van der Waals surface area contributed by atoms with Crippen LogP contribution >= 0.6 is 0 Å². The molecule has 1 radical (unpaired) electrons. The van der Waals surface area contributed by atoms with Gasteiger partial charge in [-0.25, -0.2) is 5.32 Å². The summed E-state index contributed by atoms with van der Waals surface area (Å²) in [7, 11) is 2.16. The minimum atomic E-state index is 1.03. The normalized spacial score (nSPS) is 21.0. The smallest absolute Gasteiger partial charge is 0.0504 e. The van der Waals surface area contributed by atoms with Gasteiger partial charge in [-0.3, -0.25) is 9.80 Å². The molecular weight excluding hydrogens is 138 g/mol. The third-order valence-electron chi connectivity index (χ3n) is 2.13. The van der Waals surface area contributed by atoms with Crippen LogP contribution in [0.15, 0.2) is 0 Å². The molecule has 1 fully saturated rings. The highest BCUT2D eigenvalue weighted by Gasteiger charge is 2.10. The van der Waals surface area contributed by atoms with Crippen LogP contribution in [0.3, 0.4) is 0 Å². The number of hydrogen-bond acceptors (Lipinski definition) is 2.